The molecular formula is C29H66ClNNaO4S+. The van der Waals surface area contributed by atoms with Crippen LogP contribution in [0.2, 0.25) is 3.67 Å². The van der Waals surface area contributed by atoms with Gasteiger partial charge < -0.3 is 4.48 Å². The summed E-state index contributed by atoms with van der Waals surface area (Å²) in [7, 11) is 2.20. The van der Waals surface area contributed by atoms with Gasteiger partial charge in [-0.05, 0) is 12.8 Å². The number of hydrogen-bond donors (Lipinski definition) is 2. The van der Waals surface area contributed by atoms with Crippen molar-refractivity contribution in [3.05, 3.63) is 0 Å². The van der Waals surface area contributed by atoms with Crippen LogP contribution in [0.4, 0.5) is 0 Å². The molecule has 0 radical (unpaired) electrons. The van der Waals surface area contributed by atoms with Crippen LogP contribution in [0.15, 0.2) is 0 Å². The Morgan fingerprint density at radius 1 is 0.514 bits per heavy atom. The van der Waals surface area contributed by atoms with Crippen molar-refractivity contribution in [2.45, 2.75) is 159 Å². The molecular weight excluding hydrogens is 517 g/mol. The average Bonchev–Trinajstić information content (AvgIpc) is 2.77. The van der Waals surface area contributed by atoms with Crippen LogP contribution in [-0.2, 0) is 10.4 Å². The standard InChI is InChI=1S/C17H38N.C12H25.ClH.Na.H2O4S/c1-5-6-7-8-9-10-11-12-13-14-15-16-17-18(2,3)4;1-3-5-7-9-11-12-10-8-6-4-2;;;1-5(2,3)4/h5-17H2,1-4H3;1,3-12H2,2H3;1H;;(H2,1,2,3,4)/q+1;;;;. The number of nitrogens with zero attached hydrogens (tertiary/aromatic N) is 1. The Bertz CT molecular complexity index is 485. The molecule has 2 N–H and O–H groups in total. The van der Waals surface area contributed by atoms with Crippen molar-refractivity contribution in [2.75, 3.05) is 27.7 Å². The third-order valence-corrected chi connectivity index (χ3v) is 7.10. The van der Waals surface area contributed by atoms with Gasteiger partial charge in [-0.2, -0.15) is 8.42 Å². The molecule has 0 aliphatic rings. The molecule has 5 nitrogen and oxygen atoms in total. The van der Waals surface area contributed by atoms with E-state index in [0.29, 0.717) is 0 Å². The maximum atomic E-state index is 8.74. The first-order valence-corrected chi connectivity index (χ1v) is 18.3. The molecule has 224 valence electrons. The first-order valence-electron chi connectivity index (χ1n) is 15.5. The molecule has 0 aromatic heterocycles. The van der Waals surface area contributed by atoms with Crippen LogP contribution in [0.5, 0.6) is 0 Å². The van der Waals surface area contributed by atoms with E-state index in [4.69, 9.17) is 17.5 Å². The van der Waals surface area contributed by atoms with E-state index in [1.54, 1.807) is 0 Å². The SMILES string of the molecule is CCCCCCCCCCCCCC[N+](C)(C)C.CCCCCCCCCCC[CH2][Na].Cl.O=S(=O)(O)O. The van der Waals surface area contributed by atoms with Gasteiger partial charge in [0.25, 0.3) is 0 Å². The number of hydrogen-bond acceptors (Lipinski definition) is 2. The van der Waals surface area contributed by atoms with Crippen molar-refractivity contribution in [1.82, 2.24) is 0 Å². The van der Waals surface area contributed by atoms with E-state index in [0.717, 1.165) is 4.48 Å². The molecule has 0 rings (SSSR count). The zero-order valence-corrected chi connectivity index (χ0v) is 29.6. The largest absolute Gasteiger partial charge is 0.394 e. The van der Waals surface area contributed by atoms with Gasteiger partial charge in [-0.3, -0.25) is 9.11 Å². The Morgan fingerprint density at radius 2 is 0.730 bits per heavy atom. The molecule has 0 heterocycles. The van der Waals surface area contributed by atoms with Crippen molar-refractivity contribution in [2.24, 2.45) is 0 Å². The second kappa shape index (κ2) is 35.1. The van der Waals surface area contributed by atoms with Gasteiger partial charge in [0.1, 0.15) is 0 Å². The second-order valence-electron chi connectivity index (χ2n) is 11.5. The van der Waals surface area contributed by atoms with Crippen molar-refractivity contribution in [1.29, 1.82) is 0 Å². The summed E-state index contributed by atoms with van der Waals surface area (Å²) in [6.45, 7) is 5.91. The minimum Gasteiger partial charge on any atom is -0.264 e. The summed E-state index contributed by atoms with van der Waals surface area (Å²) < 4.78 is 34.2. The third-order valence-electron chi connectivity index (χ3n) is 6.39. The molecule has 0 aromatic carbocycles. The zero-order valence-electron chi connectivity index (χ0n) is 25.9. The summed E-state index contributed by atoms with van der Waals surface area (Å²) in [4.78, 5) is 0. The Kier molecular flexibility index (Phi) is 42.9. The van der Waals surface area contributed by atoms with Crippen LogP contribution in [0.3, 0.4) is 0 Å². The molecule has 0 aliphatic carbocycles. The molecule has 0 aromatic rings. The predicted molar refractivity (Wildman–Crippen MR) is 168 cm³/mol. The molecule has 8 heteroatoms. The molecule has 0 saturated heterocycles. The van der Waals surface area contributed by atoms with Crippen molar-refractivity contribution < 1.29 is 22.0 Å². The Labute approximate surface area is 257 Å². The van der Waals surface area contributed by atoms with Crippen LogP contribution in [0, 0.1) is 0 Å². The topological polar surface area (TPSA) is 74.6 Å². The van der Waals surface area contributed by atoms with E-state index in [1.807, 2.05) is 0 Å². The minimum absolute atomic E-state index is 0. The van der Waals surface area contributed by atoms with Crippen molar-refractivity contribution in [3.63, 3.8) is 0 Å². The van der Waals surface area contributed by atoms with Gasteiger partial charge in [0.15, 0.2) is 0 Å². The molecule has 0 fully saturated rings. The van der Waals surface area contributed by atoms with Gasteiger partial charge in [-0.1, -0.05) is 71.1 Å². The van der Waals surface area contributed by atoms with E-state index in [9.17, 15) is 0 Å². The quantitative estimate of drug-likeness (QED) is 0.0544. The fourth-order valence-electron chi connectivity index (χ4n) is 4.16. The number of unbranched alkanes of at least 4 members (excludes halogenated alkanes) is 20. The van der Waals surface area contributed by atoms with Crippen LogP contribution in [0.1, 0.15) is 155 Å². The first-order chi connectivity index (χ1) is 17.0. The first kappa shape index (κ1) is 45.1. The fraction of sp³-hybridized carbons (Fsp3) is 1.00. The average molecular weight is 583 g/mol. The molecule has 0 unspecified atom stereocenters. The van der Waals surface area contributed by atoms with Gasteiger partial charge in [0, 0.05) is 0 Å². The van der Waals surface area contributed by atoms with Gasteiger partial charge in [0.2, 0.25) is 0 Å². The van der Waals surface area contributed by atoms with Crippen molar-refractivity contribution in [3.8, 4) is 0 Å². The summed E-state index contributed by atoms with van der Waals surface area (Å²) in [5.74, 6) is 0. The smallest absolute Gasteiger partial charge is 0.264 e. The Morgan fingerprint density at radius 3 is 0.946 bits per heavy atom. The normalized spacial score (nSPS) is 11.2. The van der Waals surface area contributed by atoms with Crippen LogP contribution < -0.4 is 0 Å². The van der Waals surface area contributed by atoms with Crippen LogP contribution >= 0.6 is 12.4 Å². The number of quaternary nitrogens is 1. The number of halogens is 1. The molecule has 0 spiro atoms. The Balaban J connectivity index is -0.000000251. The molecule has 0 bridgehead atoms. The van der Waals surface area contributed by atoms with Crippen LogP contribution in [-0.4, -0.2) is 77.6 Å². The van der Waals surface area contributed by atoms with E-state index in [2.05, 4.69) is 35.0 Å². The third kappa shape index (κ3) is 67.1. The summed E-state index contributed by atoms with van der Waals surface area (Å²) in [5.41, 5.74) is 0. The summed E-state index contributed by atoms with van der Waals surface area (Å²) >= 11 is 1.41. The zero-order chi connectivity index (χ0) is 28.0. The van der Waals surface area contributed by atoms with E-state index < -0.39 is 10.4 Å². The Hall–Kier alpha value is 1.12. The maximum absolute atomic E-state index is 8.74. The van der Waals surface area contributed by atoms with Gasteiger partial charge in [-0.25, -0.2) is 0 Å². The molecule has 0 amide bonds. The monoisotopic (exact) mass is 582 g/mol. The van der Waals surface area contributed by atoms with Gasteiger partial charge in [-0.15, -0.1) is 12.4 Å². The van der Waals surface area contributed by atoms with Crippen LogP contribution in [0.25, 0.3) is 0 Å². The number of rotatable bonds is 23. The van der Waals surface area contributed by atoms with Crippen molar-refractivity contribution >= 4 is 50.7 Å². The minimum atomic E-state index is -4.67. The summed E-state index contributed by atoms with van der Waals surface area (Å²) in [5, 5.41) is 0. The summed E-state index contributed by atoms with van der Waals surface area (Å²) in [6, 6.07) is 0. The molecule has 0 atom stereocenters. The predicted octanol–water partition coefficient (Wildman–Crippen LogP) is 9.66. The van der Waals surface area contributed by atoms with E-state index in [-0.39, 0.29) is 12.4 Å². The van der Waals surface area contributed by atoms with Gasteiger partial charge >= 0.3 is 113 Å². The van der Waals surface area contributed by atoms with Gasteiger partial charge in [0.05, 0.1) is 27.7 Å². The fourth-order valence-corrected chi connectivity index (χ4v) is 4.66. The summed E-state index contributed by atoms with van der Waals surface area (Å²) in [6.07, 6.45) is 32.1. The van der Waals surface area contributed by atoms with E-state index in [1.165, 1.54) is 179 Å². The van der Waals surface area contributed by atoms with E-state index >= 15 is 0 Å². The molecule has 0 saturated carbocycles. The maximum Gasteiger partial charge on any atom is 0.394 e. The second-order valence-corrected chi connectivity index (χ2v) is 13.4. The molecule has 37 heavy (non-hydrogen) atoms. The molecule has 0 aliphatic heterocycles.